The maximum absolute atomic E-state index is 13.3. The Hall–Kier alpha value is -3.25. The molecule has 0 spiro atoms. The zero-order chi connectivity index (χ0) is 26.6. The minimum Gasteiger partial charge on any atom is -0.497 e. The highest BCUT2D eigenvalue weighted by molar-refractivity contribution is 7.89. The van der Waals surface area contributed by atoms with E-state index in [1.54, 1.807) is 30.0 Å². The minimum absolute atomic E-state index is 0.00176. The average molecular weight is 544 g/mol. The highest BCUT2D eigenvalue weighted by Gasteiger charge is 2.31. The number of carbonyl (C=O) groups is 1. The van der Waals surface area contributed by atoms with E-state index in [9.17, 15) is 21.6 Å². The highest BCUT2D eigenvalue weighted by atomic mass is 32.2. The molecule has 196 valence electrons. The van der Waals surface area contributed by atoms with E-state index in [4.69, 9.17) is 4.74 Å². The Balaban J connectivity index is 1.44. The van der Waals surface area contributed by atoms with E-state index in [1.807, 2.05) is 30.3 Å². The Morgan fingerprint density at radius 2 is 1.49 bits per heavy atom. The van der Waals surface area contributed by atoms with Crippen LogP contribution in [0.1, 0.15) is 21.5 Å². The van der Waals surface area contributed by atoms with Gasteiger partial charge in [0.1, 0.15) is 5.75 Å². The number of sulfonamides is 2. The fraction of sp³-hybridized carbons (Fsp3) is 0.269. The van der Waals surface area contributed by atoms with Crippen molar-refractivity contribution in [1.82, 2.24) is 13.9 Å². The normalized spacial score (nSPS) is 14.9. The van der Waals surface area contributed by atoms with Crippen molar-refractivity contribution in [2.45, 2.75) is 23.3 Å². The quantitative estimate of drug-likeness (QED) is 0.467. The topological polar surface area (TPSA) is 113 Å². The molecular weight excluding hydrogens is 514 g/mol. The molecule has 3 aromatic carbocycles. The monoisotopic (exact) mass is 543 g/mol. The van der Waals surface area contributed by atoms with Crippen molar-refractivity contribution in [3.63, 3.8) is 0 Å². The molecule has 1 aliphatic rings. The van der Waals surface area contributed by atoms with Crippen molar-refractivity contribution >= 4 is 26.0 Å². The van der Waals surface area contributed by atoms with Gasteiger partial charge in [0.25, 0.3) is 5.91 Å². The first kappa shape index (κ1) is 26.8. The van der Waals surface area contributed by atoms with Crippen LogP contribution < -0.4 is 9.46 Å². The van der Waals surface area contributed by atoms with Gasteiger partial charge in [0.2, 0.25) is 20.0 Å². The lowest BCUT2D eigenvalue weighted by Crippen LogP contribution is -2.50. The Bertz CT molecular complexity index is 1470. The molecule has 4 rings (SSSR count). The number of ether oxygens (including phenoxy) is 1. The van der Waals surface area contributed by atoms with Gasteiger partial charge in [-0.3, -0.25) is 4.79 Å². The second-order valence-corrected chi connectivity index (χ2v) is 12.4. The number of benzene rings is 3. The zero-order valence-corrected chi connectivity index (χ0v) is 22.3. The van der Waals surface area contributed by atoms with E-state index in [-0.39, 0.29) is 54.0 Å². The molecule has 1 amide bonds. The number of hydrogen-bond acceptors (Lipinski definition) is 6. The molecule has 0 aliphatic carbocycles. The van der Waals surface area contributed by atoms with Crippen LogP contribution in [0.25, 0.3) is 0 Å². The first-order valence-electron chi connectivity index (χ1n) is 11.7. The number of piperazine rings is 1. The fourth-order valence-corrected chi connectivity index (χ4v) is 6.52. The van der Waals surface area contributed by atoms with Crippen molar-refractivity contribution < 1.29 is 26.4 Å². The summed E-state index contributed by atoms with van der Waals surface area (Å²) < 4.78 is 60.8. The van der Waals surface area contributed by atoms with Gasteiger partial charge < -0.3 is 9.64 Å². The van der Waals surface area contributed by atoms with Crippen molar-refractivity contribution in [2.75, 3.05) is 33.3 Å². The summed E-state index contributed by atoms with van der Waals surface area (Å²) in [6.07, 6.45) is 0. The summed E-state index contributed by atoms with van der Waals surface area (Å²) in [6.45, 7) is 2.52. The van der Waals surface area contributed by atoms with Gasteiger partial charge in [-0.15, -0.1) is 0 Å². The highest BCUT2D eigenvalue weighted by Crippen LogP contribution is 2.23. The van der Waals surface area contributed by atoms with Gasteiger partial charge in [-0.05, 0) is 54.4 Å². The van der Waals surface area contributed by atoms with E-state index < -0.39 is 20.0 Å². The Morgan fingerprint density at radius 1 is 0.865 bits per heavy atom. The number of carbonyl (C=O) groups excluding carboxylic acids is 1. The molecule has 3 aromatic rings. The average Bonchev–Trinajstić information content (AvgIpc) is 2.92. The van der Waals surface area contributed by atoms with E-state index in [0.717, 1.165) is 5.56 Å². The van der Waals surface area contributed by atoms with Crippen LogP contribution in [-0.4, -0.2) is 65.2 Å². The van der Waals surface area contributed by atoms with Gasteiger partial charge in [0, 0.05) is 38.3 Å². The standard InChI is InChI=1S/C26H29N3O6S2/c1-20-8-11-24(36(31,32)27-19-21-6-4-3-5-7-21)18-25(20)26(30)28-14-16-29(17-15-28)37(33,34)23-12-9-22(35-2)10-13-23/h3-13,18,27H,14-17,19H2,1-2H3. The summed E-state index contributed by atoms with van der Waals surface area (Å²) in [5.74, 6) is 0.225. The van der Waals surface area contributed by atoms with Gasteiger partial charge >= 0.3 is 0 Å². The molecule has 1 N–H and O–H groups in total. The first-order valence-corrected chi connectivity index (χ1v) is 14.6. The number of hydrogen-bond donors (Lipinski definition) is 1. The molecule has 9 nitrogen and oxygen atoms in total. The van der Waals surface area contributed by atoms with Crippen LogP contribution in [-0.2, 0) is 26.6 Å². The van der Waals surface area contributed by atoms with Crippen LogP contribution in [0.3, 0.4) is 0 Å². The summed E-state index contributed by atoms with van der Waals surface area (Å²) in [4.78, 5) is 15.0. The number of nitrogens with zero attached hydrogens (tertiary/aromatic N) is 2. The fourth-order valence-electron chi connectivity index (χ4n) is 4.05. The maximum atomic E-state index is 13.3. The second kappa shape index (κ2) is 11.0. The molecule has 0 unspecified atom stereocenters. The van der Waals surface area contributed by atoms with Crippen molar-refractivity contribution in [1.29, 1.82) is 0 Å². The van der Waals surface area contributed by atoms with E-state index in [1.165, 1.54) is 35.7 Å². The molecule has 1 aliphatic heterocycles. The maximum Gasteiger partial charge on any atom is 0.254 e. The SMILES string of the molecule is COc1ccc(S(=O)(=O)N2CCN(C(=O)c3cc(S(=O)(=O)NCc4ccccc4)ccc3C)CC2)cc1. The number of aryl methyl sites for hydroxylation is 1. The number of amides is 1. The van der Waals surface area contributed by atoms with Gasteiger partial charge in [-0.25, -0.2) is 21.6 Å². The largest absolute Gasteiger partial charge is 0.497 e. The third kappa shape index (κ3) is 6.02. The summed E-state index contributed by atoms with van der Waals surface area (Å²) in [5.41, 5.74) is 1.73. The van der Waals surface area contributed by atoms with E-state index >= 15 is 0 Å². The van der Waals surface area contributed by atoms with Gasteiger partial charge in [-0.2, -0.15) is 4.31 Å². The Labute approximate surface area is 217 Å². The van der Waals surface area contributed by atoms with Crippen LogP contribution in [0, 0.1) is 6.92 Å². The van der Waals surface area contributed by atoms with Crippen molar-refractivity contribution in [2.24, 2.45) is 0 Å². The molecule has 0 bridgehead atoms. The summed E-state index contributed by atoms with van der Waals surface area (Å²) in [5, 5.41) is 0. The molecule has 1 heterocycles. The smallest absolute Gasteiger partial charge is 0.254 e. The molecule has 1 fully saturated rings. The number of rotatable bonds is 8. The van der Waals surface area contributed by atoms with Crippen LogP contribution in [0.4, 0.5) is 0 Å². The van der Waals surface area contributed by atoms with Gasteiger partial charge in [0.15, 0.2) is 0 Å². The third-order valence-corrected chi connectivity index (χ3v) is 9.59. The molecular formula is C26H29N3O6S2. The zero-order valence-electron chi connectivity index (χ0n) is 20.6. The predicted octanol–water partition coefficient (Wildman–Crippen LogP) is 2.63. The van der Waals surface area contributed by atoms with Crippen LogP contribution >= 0.6 is 0 Å². The van der Waals surface area contributed by atoms with Gasteiger partial charge in [0.05, 0.1) is 16.9 Å². The molecule has 37 heavy (non-hydrogen) atoms. The Kier molecular flexibility index (Phi) is 7.98. The first-order chi connectivity index (χ1) is 17.6. The summed E-state index contributed by atoms with van der Waals surface area (Å²) in [6, 6.07) is 19.8. The lowest BCUT2D eigenvalue weighted by atomic mass is 10.1. The summed E-state index contributed by atoms with van der Waals surface area (Å²) in [7, 11) is -6.05. The Morgan fingerprint density at radius 3 is 2.11 bits per heavy atom. The molecule has 0 radical (unpaired) electrons. The van der Waals surface area contributed by atoms with Crippen LogP contribution in [0.15, 0.2) is 82.6 Å². The van der Waals surface area contributed by atoms with Crippen molar-refractivity contribution in [3.8, 4) is 5.75 Å². The number of methoxy groups -OCH3 is 1. The lowest BCUT2D eigenvalue weighted by Gasteiger charge is -2.34. The lowest BCUT2D eigenvalue weighted by molar-refractivity contribution is 0.0697. The van der Waals surface area contributed by atoms with E-state index in [2.05, 4.69) is 4.72 Å². The minimum atomic E-state index is -3.84. The molecule has 0 saturated carbocycles. The molecule has 0 aromatic heterocycles. The van der Waals surface area contributed by atoms with Crippen LogP contribution in [0.5, 0.6) is 5.75 Å². The third-order valence-electron chi connectivity index (χ3n) is 6.28. The van der Waals surface area contributed by atoms with Crippen LogP contribution in [0.2, 0.25) is 0 Å². The van der Waals surface area contributed by atoms with Gasteiger partial charge in [-0.1, -0.05) is 36.4 Å². The predicted molar refractivity (Wildman–Crippen MR) is 139 cm³/mol. The molecule has 0 atom stereocenters. The van der Waals surface area contributed by atoms with Crippen molar-refractivity contribution in [3.05, 3.63) is 89.5 Å². The summed E-state index contributed by atoms with van der Waals surface area (Å²) >= 11 is 0. The van der Waals surface area contributed by atoms with E-state index in [0.29, 0.717) is 11.3 Å². The second-order valence-electron chi connectivity index (χ2n) is 8.66. The molecule has 1 saturated heterocycles. The number of nitrogens with one attached hydrogen (secondary N) is 1. The molecule has 11 heteroatoms.